The van der Waals surface area contributed by atoms with Crippen molar-refractivity contribution >= 4 is 23.4 Å². The third-order valence-electron chi connectivity index (χ3n) is 6.17. The van der Waals surface area contributed by atoms with Crippen molar-refractivity contribution in [3.05, 3.63) is 29.8 Å². The lowest BCUT2D eigenvalue weighted by Gasteiger charge is -2.39. The van der Waals surface area contributed by atoms with Crippen LogP contribution < -0.4 is 10.6 Å². The molecule has 2 aliphatic heterocycles. The van der Waals surface area contributed by atoms with Gasteiger partial charge in [0.05, 0.1) is 17.7 Å². The molecule has 27 heavy (non-hydrogen) atoms. The molecule has 3 aliphatic rings. The first-order chi connectivity index (χ1) is 12.7. The van der Waals surface area contributed by atoms with E-state index >= 15 is 0 Å². The van der Waals surface area contributed by atoms with E-state index in [-0.39, 0.29) is 41.0 Å². The highest BCUT2D eigenvalue weighted by Gasteiger charge is 2.51. The molecule has 3 amide bonds. The van der Waals surface area contributed by atoms with E-state index in [2.05, 4.69) is 31.4 Å². The molecule has 1 aromatic carbocycles. The smallest absolute Gasteiger partial charge is 0.254 e. The van der Waals surface area contributed by atoms with Gasteiger partial charge < -0.3 is 15.5 Å². The first-order valence-corrected chi connectivity index (χ1v) is 9.66. The van der Waals surface area contributed by atoms with Crippen LogP contribution in [0.4, 0.5) is 5.69 Å². The number of nitrogens with one attached hydrogen (secondary N) is 2. The minimum atomic E-state index is -0.848. The molecule has 3 unspecified atom stereocenters. The van der Waals surface area contributed by atoms with Gasteiger partial charge in [-0.15, -0.1) is 0 Å². The first kappa shape index (κ1) is 18.0. The Hall–Kier alpha value is -2.37. The number of benzene rings is 1. The molecule has 2 bridgehead atoms. The van der Waals surface area contributed by atoms with Crippen molar-refractivity contribution in [1.29, 1.82) is 0 Å². The Kier molecular flexibility index (Phi) is 4.05. The van der Waals surface area contributed by atoms with Crippen molar-refractivity contribution in [2.24, 2.45) is 10.8 Å². The molecule has 2 heterocycles. The van der Waals surface area contributed by atoms with Crippen LogP contribution in [0.2, 0.25) is 0 Å². The summed E-state index contributed by atoms with van der Waals surface area (Å²) in [6.07, 6.45) is 3.12. The highest BCUT2D eigenvalue weighted by Crippen LogP contribution is 2.52. The van der Waals surface area contributed by atoms with E-state index in [0.717, 1.165) is 25.8 Å². The standard InChI is InChI=1S/C21H27N3O3/c1-20(2)9-13-10-21(3,11-20)12-24(13)17(25)8-16-19(27)22-15-7-5-4-6-14(15)18(26)23-16/h4-7,13,16H,8-12H2,1-3H3,(H,22,27)(H,23,26). The minimum absolute atomic E-state index is 0.00142. The number of carbonyl (C=O) groups is 3. The van der Waals surface area contributed by atoms with Gasteiger partial charge in [0.15, 0.2) is 0 Å². The van der Waals surface area contributed by atoms with Crippen molar-refractivity contribution in [2.75, 3.05) is 11.9 Å². The third-order valence-corrected chi connectivity index (χ3v) is 6.17. The maximum absolute atomic E-state index is 13.0. The molecular weight excluding hydrogens is 342 g/mol. The van der Waals surface area contributed by atoms with Gasteiger partial charge in [-0.2, -0.15) is 0 Å². The van der Waals surface area contributed by atoms with E-state index in [1.54, 1.807) is 24.3 Å². The zero-order valence-corrected chi connectivity index (χ0v) is 16.2. The number of fused-ring (bicyclic) bond motifs is 3. The van der Waals surface area contributed by atoms with Gasteiger partial charge in [-0.05, 0) is 42.2 Å². The fraction of sp³-hybridized carbons (Fsp3) is 0.571. The molecule has 2 fully saturated rings. The molecule has 1 aromatic rings. The second-order valence-electron chi connectivity index (χ2n) is 9.50. The molecule has 1 aliphatic carbocycles. The Morgan fingerprint density at radius 3 is 2.70 bits per heavy atom. The van der Waals surface area contributed by atoms with Crippen molar-refractivity contribution in [3.8, 4) is 0 Å². The summed E-state index contributed by atoms with van der Waals surface area (Å²) in [5.41, 5.74) is 1.28. The lowest BCUT2D eigenvalue weighted by molar-refractivity contribution is -0.134. The molecule has 3 atom stereocenters. The Labute approximate surface area is 159 Å². The van der Waals surface area contributed by atoms with Crippen molar-refractivity contribution in [2.45, 2.75) is 58.5 Å². The van der Waals surface area contributed by atoms with Crippen molar-refractivity contribution in [3.63, 3.8) is 0 Å². The van der Waals surface area contributed by atoms with E-state index in [1.807, 2.05) is 4.90 Å². The third kappa shape index (κ3) is 3.33. The van der Waals surface area contributed by atoms with E-state index in [4.69, 9.17) is 0 Å². The zero-order chi connectivity index (χ0) is 19.4. The summed E-state index contributed by atoms with van der Waals surface area (Å²) in [7, 11) is 0. The number of nitrogens with zero attached hydrogens (tertiary/aromatic N) is 1. The summed E-state index contributed by atoms with van der Waals surface area (Å²) in [5, 5.41) is 5.50. The Morgan fingerprint density at radius 1 is 1.19 bits per heavy atom. The quantitative estimate of drug-likeness (QED) is 0.841. The van der Waals surface area contributed by atoms with Crippen LogP contribution in [-0.2, 0) is 9.59 Å². The van der Waals surface area contributed by atoms with E-state index in [0.29, 0.717) is 11.3 Å². The van der Waals surface area contributed by atoms with E-state index in [1.165, 1.54) is 0 Å². The number of anilines is 1. The molecule has 144 valence electrons. The molecular formula is C21H27N3O3. The second kappa shape index (κ2) is 6.08. The van der Waals surface area contributed by atoms with Gasteiger partial charge in [-0.1, -0.05) is 32.9 Å². The van der Waals surface area contributed by atoms with Crippen LogP contribution in [0.25, 0.3) is 0 Å². The monoisotopic (exact) mass is 369 g/mol. The average molecular weight is 369 g/mol. The van der Waals surface area contributed by atoms with Gasteiger partial charge in [0, 0.05) is 12.6 Å². The Balaban J connectivity index is 1.49. The number of likely N-dealkylation sites (tertiary alicyclic amines) is 1. The molecule has 0 radical (unpaired) electrons. The van der Waals surface area contributed by atoms with Gasteiger partial charge >= 0.3 is 0 Å². The molecule has 0 spiro atoms. The van der Waals surface area contributed by atoms with Crippen LogP contribution in [0, 0.1) is 10.8 Å². The number of para-hydroxylation sites is 1. The van der Waals surface area contributed by atoms with Crippen LogP contribution in [0.15, 0.2) is 24.3 Å². The molecule has 2 N–H and O–H groups in total. The van der Waals surface area contributed by atoms with Crippen LogP contribution in [0.1, 0.15) is 56.8 Å². The molecule has 6 heteroatoms. The van der Waals surface area contributed by atoms with Crippen molar-refractivity contribution in [1.82, 2.24) is 10.2 Å². The number of hydrogen-bond donors (Lipinski definition) is 2. The van der Waals surface area contributed by atoms with Gasteiger partial charge in [-0.3, -0.25) is 14.4 Å². The summed E-state index contributed by atoms with van der Waals surface area (Å²) >= 11 is 0. The van der Waals surface area contributed by atoms with Gasteiger partial charge in [0.2, 0.25) is 11.8 Å². The molecule has 4 rings (SSSR count). The van der Waals surface area contributed by atoms with E-state index in [9.17, 15) is 14.4 Å². The van der Waals surface area contributed by atoms with Crippen LogP contribution in [0.5, 0.6) is 0 Å². The highest BCUT2D eigenvalue weighted by molar-refractivity contribution is 6.10. The Bertz CT molecular complexity index is 819. The first-order valence-electron chi connectivity index (χ1n) is 9.66. The topological polar surface area (TPSA) is 78.5 Å². The molecule has 1 saturated carbocycles. The SMILES string of the molecule is CC1(C)CC2CC(C)(CN2C(=O)CC2NC(=O)c3ccccc3NC2=O)C1. The summed E-state index contributed by atoms with van der Waals surface area (Å²) in [6.45, 7) is 7.52. The van der Waals surface area contributed by atoms with Crippen LogP contribution >= 0.6 is 0 Å². The number of amides is 3. The van der Waals surface area contributed by atoms with E-state index < -0.39 is 6.04 Å². The maximum atomic E-state index is 13.0. The molecule has 1 saturated heterocycles. The summed E-state index contributed by atoms with van der Waals surface area (Å²) < 4.78 is 0. The average Bonchev–Trinajstić information content (AvgIpc) is 2.76. The lowest BCUT2D eigenvalue weighted by Crippen LogP contribution is -2.46. The number of rotatable bonds is 2. The number of hydrogen-bond acceptors (Lipinski definition) is 3. The van der Waals surface area contributed by atoms with Crippen molar-refractivity contribution < 1.29 is 14.4 Å². The second-order valence-corrected chi connectivity index (χ2v) is 9.50. The Morgan fingerprint density at radius 2 is 1.93 bits per heavy atom. The predicted molar refractivity (Wildman–Crippen MR) is 102 cm³/mol. The summed E-state index contributed by atoms with van der Waals surface area (Å²) in [4.78, 5) is 40.0. The van der Waals surface area contributed by atoms with Crippen LogP contribution in [0.3, 0.4) is 0 Å². The molecule has 6 nitrogen and oxygen atoms in total. The summed E-state index contributed by atoms with van der Waals surface area (Å²) in [5.74, 6) is -0.710. The number of carbonyl (C=O) groups excluding carboxylic acids is 3. The van der Waals surface area contributed by atoms with Gasteiger partial charge in [-0.25, -0.2) is 0 Å². The minimum Gasteiger partial charge on any atom is -0.340 e. The van der Waals surface area contributed by atoms with Crippen LogP contribution in [-0.4, -0.2) is 41.2 Å². The zero-order valence-electron chi connectivity index (χ0n) is 16.2. The normalized spacial score (nSPS) is 31.6. The maximum Gasteiger partial charge on any atom is 0.254 e. The highest BCUT2D eigenvalue weighted by atomic mass is 16.2. The lowest BCUT2D eigenvalue weighted by atomic mass is 9.65. The fourth-order valence-corrected chi connectivity index (χ4v) is 5.50. The summed E-state index contributed by atoms with van der Waals surface area (Å²) in [6, 6.07) is 6.27. The predicted octanol–water partition coefficient (Wildman–Crippen LogP) is 2.55. The van der Waals surface area contributed by atoms with Gasteiger partial charge in [0.25, 0.3) is 5.91 Å². The molecule has 0 aromatic heterocycles. The fourth-order valence-electron chi connectivity index (χ4n) is 5.50. The largest absolute Gasteiger partial charge is 0.340 e. The van der Waals surface area contributed by atoms with Gasteiger partial charge in [0.1, 0.15) is 6.04 Å².